The fourth-order valence-electron chi connectivity index (χ4n) is 3.09. The number of amides is 3. The number of hydrogen-bond donors (Lipinski definition) is 1. The normalized spacial score (nSPS) is 23.1. The second kappa shape index (κ2) is 6.66. The van der Waals surface area contributed by atoms with Gasteiger partial charge >= 0.3 is 0 Å². The predicted molar refractivity (Wildman–Crippen MR) is 89.5 cm³/mol. The lowest BCUT2D eigenvalue weighted by molar-refractivity contribution is -0.140. The Morgan fingerprint density at radius 3 is 2.43 bits per heavy atom. The number of imide groups is 1. The van der Waals surface area contributed by atoms with Crippen molar-refractivity contribution < 1.29 is 14.4 Å². The van der Waals surface area contributed by atoms with E-state index in [1.165, 1.54) is 4.90 Å². The van der Waals surface area contributed by atoms with Crippen LogP contribution in [0.15, 0.2) is 40.9 Å². The van der Waals surface area contributed by atoms with Crippen LogP contribution >= 0.6 is 15.9 Å². The number of halogens is 1. The van der Waals surface area contributed by atoms with Crippen LogP contribution in [-0.2, 0) is 14.4 Å². The van der Waals surface area contributed by atoms with E-state index in [4.69, 9.17) is 0 Å². The van der Waals surface area contributed by atoms with Gasteiger partial charge in [-0.2, -0.15) is 0 Å². The van der Waals surface area contributed by atoms with Crippen molar-refractivity contribution in [3.8, 4) is 0 Å². The van der Waals surface area contributed by atoms with Crippen LogP contribution < -0.4 is 5.32 Å². The third kappa shape index (κ3) is 3.37. The van der Waals surface area contributed by atoms with Gasteiger partial charge in [-0.05, 0) is 31.0 Å². The highest BCUT2D eigenvalue weighted by molar-refractivity contribution is 9.10. The molecule has 1 saturated heterocycles. The fraction of sp³-hybridized carbons (Fsp3) is 0.353. The van der Waals surface area contributed by atoms with Crippen LogP contribution in [0, 0.1) is 11.8 Å². The Morgan fingerprint density at radius 1 is 1.17 bits per heavy atom. The molecule has 3 rings (SSSR count). The lowest BCUT2D eigenvalue weighted by atomic mass is 9.85. The van der Waals surface area contributed by atoms with Gasteiger partial charge in [-0.3, -0.25) is 19.3 Å². The van der Waals surface area contributed by atoms with Gasteiger partial charge in [0.25, 0.3) is 0 Å². The number of carbonyl (C=O) groups is 3. The minimum Gasteiger partial charge on any atom is -0.326 e. The lowest BCUT2D eigenvalue weighted by Crippen LogP contribution is -2.34. The standard InChI is InChI=1S/C17H17BrN2O3/c18-11-4-3-5-12(10-11)19-15(21)8-9-20-16(22)13-6-1-2-7-14(13)17(20)23/h1-5,10,13-14H,6-9H2,(H,19,21). The summed E-state index contributed by atoms with van der Waals surface area (Å²) in [5.41, 5.74) is 0.682. The van der Waals surface area contributed by atoms with Crippen LogP contribution in [0.4, 0.5) is 5.69 Å². The van der Waals surface area contributed by atoms with E-state index in [1.807, 2.05) is 24.3 Å². The monoisotopic (exact) mass is 376 g/mol. The number of hydrogen-bond acceptors (Lipinski definition) is 3. The average molecular weight is 377 g/mol. The van der Waals surface area contributed by atoms with E-state index in [2.05, 4.69) is 21.2 Å². The molecule has 1 aliphatic carbocycles. The molecule has 1 aliphatic heterocycles. The minimum absolute atomic E-state index is 0.108. The first kappa shape index (κ1) is 15.9. The molecule has 6 heteroatoms. The number of nitrogens with zero attached hydrogens (tertiary/aromatic N) is 1. The van der Waals surface area contributed by atoms with E-state index in [0.717, 1.165) is 4.47 Å². The molecule has 2 aliphatic rings. The number of allylic oxidation sites excluding steroid dienone is 2. The summed E-state index contributed by atoms with van der Waals surface area (Å²) in [6.07, 6.45) is 5.26. The molecule has 2 unspecified atom stereocenters. The number of carbonyl (C=O) groups excluding carboxylic acids is 3. The van der Waals surface area contributed by atoms with E-state index in [1.54, 1.807) is 12.1 Å². The van der Waals surface area contributed by atoms with Gasteiger partial charge < -0.3 is 5.32 Å². The zero-order valence-electron chi connectivity index (χ0n) is 12.5. The Labute approximate surface area is 142 Å². The van der Waals surface area contributed by atoms with Crippen molar-refractivity contribution in [3.63, 3.8) is 0 Å². The quantitative estimate of drug-likeness (QED) is 0.648. The summed E-state index contributed by atoms with van der Waals surface area (Å²) in [4.78, 5) is 37.9. The lowest BCUT2D eigenvalue weighted by Gasteiger charge is -2.14. The highest BCUT2D eigenvalue weighted by Crippen LogP contribution is 2.35. The average Bonchev–Trinajstić information content (AvgIpc) is 2.77. The van der Waals surface area contributed by atoms with Crippen LogP contribution in [0.1, 0.15) is 19.3 Å². The first-order chi connectivity index (χ1) is 11.1. The topological polar surface area (TPSA) is 66.5 Å². The molecule has 0 radical (unpaired) electrons. The Balaban J connectivity index is 1.57. The third-order valence-electron chi connectivity index (χ3n) is 4.27. The maximum Gasteiger partial charge on any atom is 0.233 e. The number of anilines is 1. The van der Waals surface area contributed by atoms with Gasteiger partial charge in [0.05, 0.1) is 11.8 Å². The molecule has 1 heterocycles. The second-order valence-corrected chi connectivity index (χ2v) is 6.71. The largest absolute Gasteiger partial charge is 0.326 e. The summed E-state index contributed by atoms with van der Waals surface area (Å²) >= 11 is 3.34. The summed E-state index contributed by atoms with van der Waals surface area (Å²) in [5, 5.41) is 2.77. The number of benzene rings is 1. The Kier molecular flexibility index (Phi) is 4.61. The first-order valence-electron chi connectivity index (χ1n) is 7.62. The van der Waals surface area contributed by atoms with Crippen LogP contribution in [0.5, 0.6) is 0 Å². The Hall–Kier alpha value is -1.95. The van der Waals surface area contributed by atoms with E-state index in [-0.39, 0.29) is 42.5 Å². The molecule has 23 heavy (non-hydrogen) atoms. The zero-order valence-corrected chi connectivity index (χ0v) is 14.1. The molecule has 0 bridgehead atoms. The van der Waals surface area contributed by atoms with Gasteiger partial charge in [0.2, 0.25) is 17.7 Å². The molecule has 0 spiro atoms. The van der Waals surface area contributed by atoms with Crippen LogP contribution in [0.25, 0.3) is 0 Å². The second-order valence-electron chi connectivity index (χ2n) is 5.79. The Morgan fingerprint density at radius 2 is 1.83 bits per heavy atom. The fourth-order valence-corrected chi connectivity index (χ4v) is 3.49. The molecule has 2 atom stereocenters. The maximum atomic E-state index is 12.3. The van der Waals surface area contributed by atoms with E-state index >= 15 is 0 Å². The number of likely N-dealkylation sites (tertiary alicyclic amines) is 1. The van der Waals surface area contributed by atoms with Gasteiger partial charge in [0.15, 0.2) is 0 Å². The van der Waals surface area contributed by atoms with Crippen LogP contribution in [-0.4, -0.2) is 29.2 Å². The van der Waals surface area contributed by atoms with Crippen molar-refractivity contribution in [2.24, 2.45) is 11.8 Å². The van der Waals surface area contributed by atoms with Gasteiger partial charge in [-0.15, -0.1) is 0 Å². The van der Waals surface area contributed by atoms with Gasteiger partial charge in [0.1, 0.15) is 0 Å². The van der Waals surface area contributed by atoms with Crippen molar-refractivity contribution >= 4 is 39.3 Å². The summed E-state index contributed by atoms with van der Waals surface area (Å²) in [7, 11) is 0. The summed E-state index contributed by atoms with van der Waals surface area (Å²) < 4.78 is 0.872. The summed E-state index contributed by atoms with van der Waals surface area (Å²) in [6, 6.07) is 7.28. The minimum atomic E-state index is -0.236. The van der Waals surface area contributed by atoms with E-state index in [0.29, 0.717) is 18.5 Å². The van der Waals surface area contributed by atoms with Crippen molar-refractivity contribution in [1.82, 2.24) is 4.90 Å². The van der Waals surface area contributed by atoms with Crippen molar-refractivity contribution in [2.45, 2.75) is 19.3 Å². The summed E-state index contributed by atoms with van der Waals surface area (Å²) in [5.74, 6) is -0.961. The smallest absolute Gasteiger partial charge is 0.233 e. The van der Waals surface area contributed by atoms with Crippen molar-refractivity contribution in [3.05, 3.63) is 40.9 Å². The van der Waals surface area contributed by atoms with E-state index < -0.39 is 0 Å². The molecular weight excluding hydrogens is 360 g/mol. The number of fused-ring (bicyclic) bond motifs is 1. The molecule has 1 aromatic rings. The van der Waals surface area contributed by atoms with Gasteiger partial charge in [-0.1, -0.05) is 34.1 Å². The first-order valence-corrected chi connectivity index (χ1v) is 8.41. The predicted octanol–water partition coefficient (Wildman–Crippen LogP) is 2.73. The Bertz CT molecular complexity index is 660. The molecule has 120 valence electrons. The molecule has 0 saturated carbocycles. The molecule has 3 amide bonds. The zero-order chi connectivity index (χ0) is 16.4. The van der Waals surface area contributed by atoms with Crippen LogP contribution in [0.3, 0.4) is 0 Å². The number of rotatable bonds is 4. The van der Waals surface area contributed by atoms with Crippen LogP contribution in [0.2, 0.25) is 0 Å². The van der Waals surface area contributed by atoms with Crippen molar-refractivity contribution in [1.29, 1.82) is 0 Å². The highest BCUT2D eigenvalue weighted by atomic mass is 79.9. The summed E-state index contributed by atoms with van der Waals surface area (Å²) in [6.45, 7) is 0.143. The number of nitrogens with one attached hydrogen (secondary N) is 1. The molecule has 1 fully saturated rings. The highest BCUT2D eigenvalue weighted by Gasteiger charge is 2.46. The molecular formula is C17H17BrN2O3. The van der Waals surface area contributed by atoms with Gasteiger partial charge in [0, 0.05) is 23.1 Å². The van der Waals surface area contributed by atoms with E-state index in [9.17, 15) is 14.4 Å². The SMILES string of the molecule is O=C(CCN1C(=O)C2CC=CCC2C1=O)Nc1cccc(Br)c1. The third-order valence-corrected chi connectivity index (χ3v) is 4.76. The molecule has 5 nitrogen and oxygen atoms in total. The molecule has 0 aromatic heterocycles. The van der Waals surface area contributed by atoms with Crippen molar-refractivity contribution in [2.75, 3.05) is 11.9 Å². The molecule has 1 N–H and O–H groups in total. The maximum absolute atomic E-state index is 12.3. The molecule has 1 aromatic carbocycles. The van der Waals surface area contributed by atoms with Gasteiger partial charge in [-0.25, -0.2) is 0 Å².